The van der Waals surface area contributed by atoms with E-state index in [1.165, 1.54) is 11.3 Å². The largest absolute Gasteiger partial charge is 0.383 e. The Bertz CT molecular complexity index is 689. The first-order chi connectivity index (χ1) is 11.4. The van der Waals surface area contributed by atoms with E-state index in [0.717, 1.165) is 36.1 Å². The smallest absolute Gasteiger partial charge is 0.230 e. The van der Waals surface area contributed by atoms with Crippen molar-refractivity contribution in [1.29, 1.82) is 0 Å². The molecule has 1 aliphatic carbocycles. The topological polar surface area (TPSA) is 49.3 Å². The molecule has 5 heteroatoms. The van der Waals surface area contributed by atoms with Crippen LogP contribution in [0.15, 0.2) is 41.8 Å². The lowest BCUT2D eigenvalue weighted by Crippen LogP contribution is -2.47. The number of hydrogen-bond acceptors (Lipinski definition) is 3. The van der Waals surface area contributed by atoms with Crippen LogP contribution in [0.5, 0.6) is 0 Å². The maximum absolute atomic E-state index is 13.0. The lowest BCUT2D eigenvalue weighted by molar-refractivity contribution is -0.127. The molecule has 128 valence electrons. The summed E-state index contributed by atoms with van der Waals surface area (Å²) in [6.07, 6.45) is 3.75. The number of halogens is 1. The van der Waals surface area contributed by atoms with Gasteiger partial charge in [-0.1, -0.05) is 42.6 Å². The summed E-state index contributed by atoms with van der Waals surface area (Å²) in [4.78, 5) is 13.9. The van der Waals surface area contributed by atoms with Gasteiger partial charge >= 0.3 is 0 Å². The number of hydrogen-bond donors (Lipinski definition) is 2. The summed E-state index contributed by atoms with van der Waals surface area (Å²) < 4.78 is 0. The van der Waals surface area contributed by atoms with Gasteiger partial charge in [-0.3, -0.25) is 4.79 Å². The van der Waals surface area contributed by atoms with E-state index >= 15 is 0 Å². The Morgan fingerprint density at radius 1 is 1.29 bits per heavy atom. The van der Waals surface area contributed by atoms with Gasteiger partial charge in [0.05, 0.1) is 12.0 Å². The van der Waals surface area contributed by atoms with Crippen LogP contribution in [0.3, 0.4) is 0 Å². The molecule has 3 nitrogen and oxygen atoms in total. The third-order valence-corrected chi connectivity index (χ3v) is 6.31. The van der Waals surface area contributed by atoms with Crippen molar-refractivity contribution in [2.24, 2.45) is 0 Å². The number of thiophene rings is 1. The van der Waals surface area contributed by atoms with Crippen LogP contribution in [-0.2, 0) is 15.8 Å². The Hall–Kier alpha value is -1.36. The third-order valence-electron chi connectivity index (χ3n) is 4.93. The number of nitrogens with one attached hydrogen (secondary N) is 1. The van der Waals surface area contributed by atoms with Crippen LogP contribution >= 0.6 is 22.9 Å². The Balaban J connectivity index is 1.77. The van der Waals surface area contributed by atoms with Crippen LogP contribution in [0.4, 0.5) is 0 Å². The highest BCUT2D eigenvalue weighted by Crippen LogP contribution is 2.41. The van der Waals surface area contributed by atoms with Crippen molar-refractivity contribution < 1.29 is 9.90 Å². The van der Waals surface area contributed by atoms with Gasteiger partial charge in [0.15, 0.2) is 0 Å². The molecule has 0 radical (unpaired) electrons. The molecule has 3 rings (SSSR count). The Labute approximate surface area is 151 Å². The zero-order chi connectivity index (χ0) is 17.2. The zero-order valence-corrected chi connectivity index (χ0v) is 15.3. The number of carbonyl (C=O) groups excluding carboxylic acids is 1. The molecule has 1 aromatic heterocycles. The molecular weight excluding hydrogens is 342 g/mol. The van der Waals surface area contributed by atoms with E-state index in [4.69, 9.17) is 11.6 Å². The molecule has 1 saturated carbocycles. The third kappa shape index (κ3) is 3.37. The average Bonchev–Trinajstić information content (AvgIpc) is 3.25. The predicted octanol–water partition coefficient (Wildman–Crippen LogP) is 4.24. The summed E-state index contributed by atoms with van der Waals surface area (Å²) in [5, 5.41) is 16.2. The summed E-state index contributed by atoms with van der Waals surface area (Å²) in [7, 11) is 0. The van der Waals surface area contributed by atoms with Crippen molar-refractivity contribution in [3.8, 4) is 0 Å². The maximum atomic E-state index is 13.0. The summed E-state index contributed by atoms with van der Waals surface area (Å²) >= 11 is 7.48. The number of benzene rings is 1. The highest BCUT2D eigenvalue weighted by atomic mass is 35.5. The number of rotatable bonds is 5. The Morgan fingerprint density at radius 3 is 2.54 bits per heavy atom. The lowest BCUT2D eigenvalue weighted by atomic mass is 9.78. The number of amides is 1. The average molecular weight is 364 g/mol. The SMILES string of the molecule is C[C@@](O)(CNC(=O)C1(c2ccc(Cl)cc2)CCCC1)c1cccs1. The molecule has 2 N–H and O–H groups in total. The normalized spacial score (nSPS) is 19.0. The standard InChI is InChI=1S/C19H22ClNO2S/c1-18(23,16-5-4-12-24-16)13-21-17(22)19(10-2-3-11-19)14-6-8-15(20)9-7-14/h4-9,12,23H,2-3,10-11,13H2,1H3,(H,21,22)/t18-/m1/s1. The Kier molecular flexibility index (Phi) is 5.00. The minimum Gasteiger partial charge on any atom is -0.383 e. The molecule has 0 aliphatic heterocycles. The predicted molar refractivity (Wildman–Crippen MR) is 98.5 cm³/mol. The molecule has 1 amide bonds. The second-order valence-electron chi connectivity index (χ2n) is 6.73. The fourth-order valence-corrected chi connectivity index (χ4v) is 4.40. The summed E-state index contributed by atoms with van der Waals surface area (Å²) in [6, 6.07) is 11.4. The van der Waals surface area contributed by atoms with Crippen molar-refractivity contribution >= 4 is 28.8 Å². The molecule has 0 bridgehead atoms. The zero-order valence-electron chi connectivity index (χ0n) is 13.7. The molecule has 24 heavy (non-hydrogen) atoms. The lowest BCUT2D eigenvalue weighted by Gasteiger charge is -2.31. The maximum Gasteiger partial charge on any atom is 0.230 e. The van der Waals surface area contributed by atoms with Gasteiger partial charge in [-0.05, 0) is 48.9 Å². The van der Waals surface area contributed by atoms with Gasteiger partial charge in [0.2, 0.25) is 5.91 Å². The van der Waals surface area contributed by atoms with Gasteiger partial charge in [0, 0.05) is 9.90 Å². The van der Waals surface area contributed by atoms with Gasteiger partial charge in [-0.15, -0.1) is 11.3 Å². The van der Waals surface area contributed by atoms with Crippen LogP contribution in [0.2, 0.25) is 5.02 Å². The summed E-state index contributed by atoms with van der Waals surface area (Å²) in [6.45, 7) is 1.95. The first kappa shape index (κ1) is 17.5. The Morgan fingerprint density at radius 2 is 1.96 bits per heavy atom. The summed E-state index contributed by atoms with van der Waals surface area (Å²) in [5.74, 6) is -0.000784. The minimum atomic E-state index is -1.05. The van der Waals surface area contributed by atoms with E-state index in [0.29, 0.717) is 5.02 Å². The monoisotopic (exact) mass is 363 g/mol. The molecule has 1 aliphatic rings. The van der Waals surface area contributed by atoms with E-state index in [1.54, 1.807) is 6.92 Å². The van der Waals surface area contributed by atoms with E-state index in [9.17, 15) is 9.90 Å². The van der Waals surface area contributed by atoms with Gasteiger partial charge in [-0.2, -0.15) is 0 Å². The highest BCUT2D eigenvalue weighted by Gasteiger charge is 2.43. The van der Waals surface area contributed by atoms with E-state index in [-0.39, 0.29) is 12.5 Å². The highest BCUT2D eigenvalue weighted by molar-refractivity contribution is 7.10. The van der Waals surface area contributed by atoms with Gasteiger partial charge < -0.3 is 10.4 Å². The fourth-order valence-electron chi connectivity index (χ4n) is 3.49. The van der Waals surface area contributed by atoms with E-state index < -0.39 is 11.0 Å². The number of aliphatic hydroxyl groups is 1. The molecule has 0 unspecified atom stereocenters. The van der Waals surface area contributed by atoms with Crippen LogP contribution < -0.4 is 5.32 Å². The van der Waals surface area contributed by atoms with Crippen molar-refractivity contribution in [2.45, 2.75) is 43.6 Å². The van der Waals surface area contributed by atoms with Gasteiger partial charge in [0.25, 0.3) is 0 Å². The molecule has 1 atom stereocenters. The van der Waals surface area contributed by atoms with Gasteiger partial charge in [0.1, 0.15) is 5.60 Å². The summed E-state index contributed by atoms with van der Waals surface area (Å²) in [5.41, 5.74) is -0.544. The first-order valence-corrected chi connectivity index (χ1v) is 9.51. The van der Waals surface area contributed by atoms with Crippen LogP contribution in [0, 0.1) is 0 Å². The number of carbonyl (C=O) groups is 1. The molecular formula is C19H22ClNO2S. The quantitative estimate of drug-likeness (QED) is 0.834. The molecule has 1 fully saturated rings. The fraction of sp³-hybridized carbons (Fsp3) is 0.421. The molecule has 1 heterocycles. The second-order valence-corrected chi connectivity index (χ2v) is 8.11. The van der Waals surface area contributed by atoms with Crippen LogP contribution in [0.1, 0.15) is 43.0 Å². The second kappa shape index (κ2) is 6.87. The van der Waals surface area contributed by atoms with Crippen molar-refractivity contribution in [3.05, 3.63) is 57.2 Å². The van der Waals surface area contributed by atoms with E-state index in [2.05, 4.69) is 5.32 Å². The van der Waals surface area contributed by atoms with Crippen molar-refractivity contribution in [1.82, 2.24) is 5.32 Å². The van der Waals surface area contributed by atoms with Crippen molar-refractivity contribution in [2.75, 3.05) is 6.54 Å². The molecule has 0 saturated heterocycles. The van der Waals surface area contributed by atoms with Crippen LogP contribution in [-0.4, -0.2) is 17.6 Å². The first-order valence-electron chi connectivity index (χ1n) is 8.25. The minimum absolute atomic E-state index is 0.000784. The van der Waals surface area contributed by atoms with Gasteiger partial charge in [-0.25, -0.2) is 0 Å². The molecule has 1 aromatic carbocycles. The van der Waals surface area contributed by atoms with Crippen molar-refractivity contribution in [3.63, 3.8) is 0 Å². The molecule has 0 spiro atoms. The molecule has 2 aromatic rings. The van der Waals surface area contributed by atoms with Crippen LogP contribution in [0.25, 0.3) is 0 Å². The van der Waals surface area contributed by atoms with E-state index in [1.807, 2.05) is 41.8 Å².